The number of fused-ring (bicyclic) bond motifs is 6. The number of nitrogens with zero attached hydrogens (tertiary/aromatic N) is 2. The molecule has 0 N–H and O–H groups in total. The van der Waals surface area contributed by atoms with E-state index in [4.69, 9.17) is 9.97 Å². The van der Waals surface area contributed by atoms with Gasteiger partial charge in [0.25, 0.3) is 0 Å². The lowest BCUT2D eigenvalue weighted by atomic mass is 10.0. The van der Waals surface area contributed by atoms with Crippen LogP contribution in [-0.2, 0) is 0 Å². The normalized spacial score (nSPS) is 12.9. The number of aromatic nitrogens is 2. The van der Waals surface area contributed by atoms with E-state index >= 15 is 0 Å². The molecular weight excluding hydrogens is 633 g/mol. The van der Waals surface area contributed by atoms with Crippen LogP contribution in [0, 0.1) is 0 Å². The van der Waals surface area contributed by atoms with Gasteiger partial charge in [0.1, 0.15) is 0 Å². The second-order valence-electron chi connectivity index (χ2n) is 13.3. The van der Waals surface area contributed by atoms with Gasteiger partial charge >= 0.3 is 0 Å². The molecular formula is C48H32N2Si. The SMILES string of the molecule is c1ccc(-c2ccc3ccc4ccc(-c5ccc(-c6ccc([Si]7(c8ccccc8)c8ccccc8-c8ccccc87)cc6)cc5)nc4c3n2)cc1. The molecule has 0 unspecified atom stereocenters. The van der Waals surface area contributed by atoms with Crippen LogP contribution in [0.15, 0.2) is 194 Å². The number of rotatable bonds is 5. The average molecular weight is 665 g/mol. The molecule has 7 aromatic carbocycles. The second-order valence-corrected chi connectivity index (χ2v) is 17.1. The highest BCUT2D eigenvalue weighted by molar-refractivity contribution is 7.22. The molecule has 51 heavy (non-hydrogen) atoms. The first-order chi connectivity index (χ1) is 25.3. The highest BCUT2D eigenvalue weighted by atomic mass is 28.3. The van der Waals surface area contributed by atoms with Crippen molar-refractivity contribution in [3.05, 3.63) is 194 Å². The lowest BCUT2D eigenvalue weighted by Crippen LogP contribution is -2.72. The highest BCUT2D eigenvalue weighted by Crippen LogP contribution is 2.31. The molecule has 0 amide bonds. The molecule has 9 aromatic rings. The van der Waals surface area contributed by atoms with Gasteiger partial charge in [-0.05, 0) is 55.1 Å². The van der Waals surface area contributed by atoms with Crippen LogP contribution in [0.2, 0.25) is 0 Å². The minimum atomic E-state index is -2.48. The predicted octanol–water partition coefficient (Wildman–Crippen LogP) is 9.14. The van der Waals surface area contributed by atoms with E-state index in [9.17, 15) is 0 Å². The molecule has 0 saturated carbocycles. The van der Waals surface area contributed by atoms with Crippen LogP contribution in [0.1, 0.15) is 0 Å². The van der Waals surface area contributed by atoms with E-state index in [0.29, 0.717) is 0 Å². The summed E-state index contributed by atoms with van der Waals surface area (Å²) in [5.41, 5.74) is 11.1. The number of hydrogen-bond acceptors (Lipinski definition) is 2. The molecule has 0 saturated heterocycles. The summed E-state index contributed by atoms with van der Waals surface area (Å²) in [7, 11) is -2.48. The Morgan fingerprint density at radius 2 is 0.686 bits per heavy atom. The Labute approximate surface area is 298 Å². The summed E-state index contributed by atoms with van der Waals surface area (Å²) in [4.78, 5) is 10.3. The summed E-state index contributed by atoms with van der Waals surface area (Å²) < 4.78 is 0. The minimum absolute atomic E-state index is 0.925. The molecule has 0 aliphatic carbocycles. The second kappa shape index (κ2) is 11.9. The number of hydrogen-bond donors (Lipinski definition) is 0. The van der Waals surface area contributed by atoms with Gasteiger partial charge in [0.2, 0.25) is 0 Å². The van der Waals surface area contributed by atoms with Crippen LogP contribution < -0.4 is 20.7 Å². The molecule has 0 atom stereocenters. The topological polar surface area (TPSA) is 25.8 Å². The summed E-state index contributed by atoms with van der Waals surface area (Å²) in [5, 5.41) is 7.94. The van der Waals surface area contributed by atoms with E-state index < -0.39 is 8.07 Å². The van der Waals surface area contributed by atoms with E-state index in [0.717, 1.165) is 44.3 Å². The first-order valence-corrected chi connectivity index (χ1v) is 19.5. The summed E-state index contributed by atoms with van der Waals surface area (Å²) in [6.45, 7) is 0. The molecule has 238 valence electrons. The maximum Gasteiger partial charge on any atom is 0.180 e. The van der Waals surface area contributed by atoms with Crippen LogP contribution in [-0.4, -0.2) is 18.0 Å². The molecule has 0 radical (unpaired) electrons. The van der Waals surface area contributed by atoms with Gasteiger partial charge in [0.05, 0.1) is 22.4 Å². The lowest BCUT2D eigenvalue weighted by molar-refractivity contribution is 1.36. The number of pyridine rings is 2. The monoisotopic (exact) mass is 664 g/mol. The van der Waals surface area contributed by atoms with Crippen molar-refractivity contribution in [3.63, 3.8) is 0 Å². The average Bonchev–Trinajstić information content (AvgIpc) is 3.52. The zero-order valence-corrected chi connectivity index (χ0v) is 28.9. The van der Waals surface area contributed by atoms with E-state index in [1.807, 2.05) is 6.07 Å². The van der Waals surface area contributed by atoms with Crippen LogP contribution in [0.5, 0.6) is 0 Å². The largest absolute Gasteiger partial charge is 0.245 e. The third-order valence-electron chi connectivity index (χ3n) is 10.6. The summed E-state index contributed by atoms with van der Waals surface area (Å²) >= 11 is 0. The maximum atomic E-state index is 5.18. The lowest BCUT2D eigenvalue weighted by Gasteiger charge is -2.31. The fourth-order valence-corrected chi connectivity index (χ4v) is 13.3. The van der Waals surface area contributed by atoms with Crippen molar-refractivity contribution >= 4 is 50.6 Å². The van der Waals surface area contributed by atoms with E-state index in [-0.39, 0.29) is 0 Å². The molecule has 0 bridgehead atoms. The van der Waals surface area contributed by atoms with Crippen molar-refractivity contribution in [1.29, 1.82) is 0 Å². The molecule has 3 heteroatoms. The Morgan fingerprint density at radius 3 is 1.24 bits per heavy atom. The smallest absolute Gasteiger partial charge is 0.180 e. The Hall–Kier alpha value is -6.42. The van der Waals surface area contributed by atoms with E-state index in [1.165, 1.54) is 43.0 Å². The summed E-state index contributed by atoms with van der Waals surface area (Å²) in [6.07, 6.45) is 0. The van der Waals surface area contributed by atoms with Crippen molar-refractivity contribution < 1.29 is 0 Å². The van der Waals surface area contributed by atoms with Crippen molar-refractivity contribution in [2.45, 2.75) is 0 Å². The molecule has 1 aliphatic heterocycles. The van der Waals surface area contributed by atoms with Gasteiger partial charge in [-0.1, -0.05) is 182 Å². The van der Waals surface area contributed by atoms with E-state index in [1.54, 1.807) is 0 Å². The van der Waals surface area contributed by atoms with Crippen molar-refractivity contribution in [1.82, 2.24) is 9.97 Å². The summed E-state index contributed by atoms with van der Waals surface area (Å²) in [6, 6.07) is 70.6. The first kappa shape index (κ1) is 29.5. The van der Waals surface area contributed by atoms with Gasteiger partial charge in [-0.3, -0.25) is 0 Å². The van der Waals surface area contributed by atoms with Crippen LogP contribution in [0.3, 0.4) is 0 Å². The van der Waals surface area contributed by atoms with Crippen molar-refractivity contribution in [2.75, 3.05) is 0 Å². The Morgan fingerprint density at radius 1 is 0.294 bits per heavy atom. The van der Waals surface area contributed by atoms with Crippen molar-refractivity contribution in [3.8, 4) is 44.8 Å². The zero-order chi connectivity index (χ0) is 33.8. The standard InChI is InChI=1S/C48H32N2Si/c1-3-11-35(12-4-1)43-31-27-37-23-24-38-28-32-44(50-48(38)47(37)49-43)36-21-19-33(20-22-36)34-25-29-40(30-26-34)51(39-13-5-2-6-14-39)45-17-9-7-15-41(45)42-16-8-10-18-46(42)51/h1-32H. The van der Waals surface area contributed by atoms with Crippen LogP contribution >= 0.6 is 0 Å². The molecule has 10 rings (SSSR count). The van der Waals surface area contributed by atoms with Gasteiger partial charge in [-0.15, -0.1) is 0 Å². The minimum Gasteiger partial charge on any atom is -0.245 e. The third-order valence-corrected chi connectivity index (χ3v) is 15.5. The van der Waals surface area contributed by atoms with Gasteiger partial charge < -0.3 is 0 Å². The van der Waals surface area contributed by atoms with Crippen molar-refractivity contribution in [2.24, 2.45) is 0 Å². The Balaban J connectivity index is 1.02. The Kier molecular flexibility index (Phi) is 6.86. The predicted molar refractivity (Wildman–Crippen MR) is 216 cm³/mol. The quantitative estimate of drug-likeness (QED) is 0.136. The fourth-order valence-electron chi connectivity index (χ4n) is 8.16. The third kappa shape index (κ3) is 4.70. The molecule has 3 heterocycles. The molecule has 0 fully saturated rings. The van der Waals surface area contributed by atoms with Gasteiger partial charge in [0.15, 0.2) is 8.07 Å². The molecule has 2 aromatic heterocycles. The zero-order valence-electron chi connectivity index (χ0n) is 27.9. The Bertz CT molecular complexity index is 2680. The van der Waals surface area contributed by atoms with Crippen LogP contribution in [0.4, 0.5) is 0 Å². The van der Waals surface area contributed by atoms with Gasteiger partial charge in [0, 0.05) is 21.9 Å². The maximum absolute atomic E-state index is 5.18. The highest BCUT2D eigenvalue weighted by Gasteiger charge is 2.48. The van der Waals surface area contributed by atoms with Gasteiger partial charge in [-0.25, -0.2) is 9.97 Å². The summed E-state index contributed by atoms with van der Waals surface area (Å²) in [5.74, 6) is 0. The molecule has 0 spiro atoms. The van der Waals surface area contributed by atoms with E-state index in [2.05, 4.69) is 188 Å². The molecule has 1 aliphatic rings. The van der Waals surface area contributed by atoms with Crippen LogP contribution in [0.25, 0.3) is 66.6 Å². The number of benzene rings is 7. The first-order valence-electron chi connectivity index (χ1n) is 17.5. The molecule has 2 nitrogen and oxygen atoms in total. The van der Waals surface area contributed by atoms with Gasteiger partial charge in [-0.2, -0.15) is 0 Å². The fraction of sp³-hybridized carbons (Fsp3) is 0.